The van der Waals surface area contributed by atoms with Crippen LogP contribution in [0.1, 0.15) is 40.2 Å². The Balaban J connectivity index is 2.30. The molecule has 0 N–H and O–H groups in total. The van der Waals surface area contributed by atoms with Gasteiger partial charge in [-0.25, -0.2) is 0 Å². The number of carbonyl (C=O) groups excluding carboxylic acids is 1. The van der Waals surface area contributed by atoms with E-state index in [0.29, 0.717) is 5.75 Å². The Morgan fingerprint density at radius 1 is 1.35 bits per heavy atom. The van der Waals surface area contributed by atoms with Crippen LogP contribution in [-0.2, 0) is 14.1 Å². The molecule has 0 aromatic carbocycles. The molecule has 0 aliphatic carbocycles. The molecule has 1 aromatic heterocycles. The van der Waals surface area contributed by atoms with E-state index in [9.17, 15) is 10.0 Å². The first-order valence-electron chi connectivity index (χ1n) is 7.49. The molecule has 2 rings (SSSR count). The Morgan fingerprint density at radius 2 is 1.96 bits per heavy atom. The normalized spacial score (nSPS) is 19.9. The molecule has 1 aromatic rings. The van der Waals surface area contributed by atoms with Gasteiger partial charge in [0.2, 0.25) is 0 Å². The summed E-state index contributed by atoms with van der Waals surface area (Å²) in [5.41, 5.74) is 0.672. The number of carbonyl (C=O) groups is 1. The Kier molecular flexibility index (Phi) is 5.23. The number of thioether (sulfide) groups is 1. The minimum atomic E-state index is -0.535. The van der Waals surface area contributed by atoms with Crippen molar-refractivity contribution < 1.29 is 18.8 Å². The van der Waals surface area contributed by atoms with Crippen molar-refractivity contribution in [3.8, 4) is 0 Å². The molecule has 0 amide bonds. The highest BCUT2D eigenvalue weighted by molar-refractivity contribution is 8.13. The molecule has 0 bridgehead atoms. The van der Waals surface area contributed by atoms with E-state index in [4.69, 9.17) is 9.31 Å². The van der Waals surface area contributed by atoms with Crippen LogP contribution < -0.4 is 4.73 Å². The molecule has 0 spiro atoms. The molecule has 0 atom stereocenters. The smallest absolute Gasteiger partial charge is 0.491 e. The van der Waals surface area contributed by atoms with E-state index in [1.807, 2.05) is 39.8 Å². The van der Waals surface area contributed by atoms with Gasteiger partial charge in [0, 0.05) is 24.3 Å². The zero-order valence-corrected chi connectivity index (χ0v) is 15.0. The summed E-state index contributed by atoms with van der Waals surface area (Å²) in [6.07, 6.45) is 4.76. The van der Waals surface area contributed by atoms with Gasteiger partial charge in [-0.2, -0.15) is 4.73 Å². The third kappa shape index (κ3) is 4.37. The maximum Gasteiger partial charge on any atom is 0.491 e. The fourth-order valence-electron chi connectivity index (χ4n) is 2.13. The molecule has 1 fully saturated rings. The molecular formula is C16H22BNO4S. The van der Waals surface area contributed by atoms with Gasteiger partial charge in [-0.3, -0.25) is 4.79 Å². The highest BCUT2D eigenvalue weighted by Crippen LogP contribution is 2.39. The first-order valence-corrected chi connectivity index (χ1v) is 8.47. The lowest BCUT2D eigenvalue weighted by molar-refractivity contribution is -0.605. The molecule has 1 aliphatic rings. The average molecular weight is 335 g/mol. The van der Waals surface area contributed by atoms with Crippen LogP contribution in [0.15, 0.2) is 30.0 Å². The predicted octanol–water partition coefficient (Wildman–Crippen LogP) is 2.61. The standard InChI is InChI=1S/C16H22BNO4S/c1-12(19)23-11-14(9-13-7-6-8-18(20)10-13)17-21-15(2,3)16(4,5)22-17/h6-10H,11H2,1-5H3. The van der Waals surface area contributed by atoms with Crippen LogP contribution >= 0.6 is 11.8 Å². The van der Waals surface area contributed by atoms with Crippen molar-refractivity contribution in [2.45, 2.75) is 45.8 Å². The summed E-state index contributed by atoms with van der Waals surface area (Å²) in [4.78, 5) is 11.3. The van der Waals surface area contributed by atoms with Gasteiger partial charge in [-0.05, 0) is 39.2 Å². The van der Waals surface area contributed by atoms with Gasteiger partial charge in [-0.15, -0.1) is 0 Å². The van der Waals surface area contributed by atoms with Crippen LogP contribution in [0.25, 0.3) is 6.08 Å². The van der Waals surface area contributed by atoms with Crippen molar-refractivity contribution in [3.63, 3.8) is 0 Å². The zero-order valence-electron chi connectivity index (χ0n) is 14.2. The second-order valence-electron chi connectivity index (χ2n) is 6.58. The molecule has 1 aliphatic heterocycles. The number of rotatable bonds is 4. The number of hydrogen-bond acceptors (Lipinski definition) is 5. The van der Waals surface area contributed by atoms with E-state index in [1.54, 1.807) is 6.07 Å². The highest BCUT2D eigenvalue weighted by Gasteiger charge is 2.52. The monoisotopic (exact) mass is 335 g/mol. The number of nitrogens with zero attached hydrogens (tertiary/aromatic N) is 1. The number of aromatic nitrogens is 1. The minimum Gasteiger partial charge on any atom is -0.619 e. The number of pyridine rings is 1. The molecule has 124 valence electrons. The molecule has 1 saturated heterocycles. The third-order valence-electron chi connectivity index (χ3n) is 4.15. The van der Waals surface area contributed by atoms with Gasteiger partial charge in [0.05, 0.1) is 11.2 Å². The summed E-state index contributed by atoms with van der Waals surface area (Å²) >= 11 is 1.20. The fourth-order valence-corrected chi connectivity index (χ4v) is 2.72. The van der Waals surface area contributed by atoms with Gasteiger partial charge in [0.1, 0.15) is 0 Å². The molecule has 23 heavy (non-hydrogen) atoms. The molecular weight excluding hydrogens is 313 g/mol. The maximum absolute atomic E-state index is 11.4. The zero-order chi connectivity index (χ0) is 17.3. The maximum atomic E-state index is 11.4. The molecule has 0 saturated carbocycles. The SMILES string of the molecule is CC(=O)SCC(=Cc1ccc[n+]([O-])c1)B1OC(C)(C)C(C)(C)O1. The second-order valence-corrected chi connectivity index (χ2v) is 7.74. The van der Waals surface area contributed by atoms with Gasteiger partial charge < -0.3 is 14.5 Å². The second kappa shape index (κ2) is 6.67. The van der Waals surface area contributed by atoms with Gasteiger partial charge >= 0.3 is 7.12 Å². The van der Waals surface area contributed by atoms with Gasteiger partial charge in [-0.1, -0.05) is 17.8 Å². The summed E-state index contributed by atoms with van der Waals surface area (Å²) in [5.74, 6) is 0.458. The average Bonchev–Trinajstić information content (AvgIpc) is 2.63. The van der Waals surface area contributed by atoms with Crippen LogP contribution in [-0.4, -0.2) is 29.2 Å². The predicted molar refractivity (Wildman–Crippen MR) is 92.6 cm³/mol. The fraction of sp³-hybridized carbons (Fsp3) is 0.500. The van der Waals surface area contributed by atoms with Crippen molar-refractivity contribution in [2.24, 2.45) is 0 Å². The van der Waals surface area contributed by atoms with E-state index in [1.165, 1.54) is 31.1 Å². The Morgan fingerprint density at radius 3 is 2.48 bits per heavy atom. The summed E-state index contributed by atoms with van der Waals surface area (Å²) in [7, 11) is -0.535. The van der Waals surface area contributed by atoms with Crippen molar-refractivity contribution in [1.29, 1.82) is 0 Å². The summed E-state index contributed by atoms with van der Waals surface area (Å²) in [6, 6.07) is 3.51. The lowest BCUT2D eigenvalue weighted by Gasteiger charge is -2.32. The Bertz CT molecular complexity index is 614. The van der Waals surface area contributed by atoms with Gasteiger partial charge in [0.25, 0.3) is 0 Å². The lowest BCUT2D eigenvalue weighted by Crippen LogP contribution is -2.41. The third-order valence-corrected chi connectivity index (χ3v) is 5.03. The van der Waals surface area contributed by atoms with Crippen LogP contribution in [0.3, 0.4) is 0 Å². The molecule has 0 radical (unpaired) electrons. The summed E-state index contributed by atoms with van der Waals surface area (Å²) in [6.45, 7) is 9.46. The number of hydrogen-bond donors (Lipinski definition) is 0. The molecule has 0 unspecified atom stereocenters. The van der Waals surface area contributed by atoms with E-state index in [2.05, 4.69) is 0 Å². The largest absolute Gasteiger partial charge is 0.619 e. The van der Waals surface area contributed by atoms with Crippen molar-refractivity contribution in [3.05, 3.63) is 40.8 Å². The van der Waals surface area contributed by atoms with Crippen LogP contribution in [0.5, 0.6) is 0 Å². The topological polar surface area (TPSA) is 62.5 Å². The van der Waals surface area contributed by atoms with E-state index in [-0.39, 0.29) is 5.12 Å². The van der Waals surface area contributed by atoms with Crippen molar-refractivity contribution >= 4 is 30.1 Å². The lowest BCUT2D eigenvalue weighted by atomic mass is 9.78. The van der Waals surface area contributed by atoms with E-state index in [0.717, 1.165) is 15.8 Å². The highest BCUT2D eigenvalue weighted by atomic mass is 32.2. The minimum absolute atomic E-state index is 0.0272. The summed E-state index contributed by atoms with van der Waals surface area (Å²) < 4.78 is 12.9. The van der Waals surface area contributed by atoms with E-state index >= 15 is 0 Å². The van der Waals surface area contributed by atoms with Crippen LogP contribution in [0.2, 0.25) is 0 Å². The molecule has 2 heterocycles. The Labute approximate surface area is 141 Å². The molecule has 5 nitrogen and oxygen atoms in total. The van der Waals surface area contributed by atoms with Gasteiger partial charge in [0.15, 0.2) is 17.5 Å². The van der Waals surface area contributed by atoms with E-state index < -0.39 is 18.3 Å². The van der Waals surface area contributed by atoms with Crippen LogP contribution in [0, 0.1) is 5.21 Å². The quantitative estimate of drug-likeness (QED) is 0.481. The first-order chi connectivity index (χ1) is 10.6. The Hall–Kier alpha value is -1.31. The van der Waals surface area contributed by atoms with Crippen LogP contribution in [0.4, 0.5) is 0 Å². The summed E-state index contributed by atoms with van der Waals surface area (Å²) in [5, 5.41) is 11.5. The molecule has 7 heteroatoms. The van der Waals surface area contributed by atoms with Crippen molar-refractivity contribution in [2.75, 3.05) is 5.75 Å². The first kappa shape index (κ1) is 18.0. The van der Waals surface area contributed by atoms with Crippen molar-refractivity contribution in [1.82, 2.24) is 0 Å².